The summed E-state index contributed by atoms with van der Waals surface area (Å²) in [5.74, 6) is -1.14. The number of hydrogen-bond donors (Lipinski definition) is 2. The lowest BCUT2D eigenvalue weighted by Gasteiger charge is -2.15. The average molecular weight is 265 g/mol. The molecule has 1 saturated heterocycles. The molecule has 0 radical (unpaired) electrons. The van der Waals surface area contributed by atoms with Crippen molar-refractivity contribution in [1.29, 1.82) is 0 Å². The molecule has 5 nitrogen and oxygen atoms in total. The quantitative estimate of drug-likeness (QED) is 0.835. The van der Waals surface area contributed by atoms with Crippen molar-refractivity contribution in [2.24, 2.45) is 11.7 Å². The van der Waals surface area contributed by atoms with E-state index in [4.69, 9.17) is 5.73 Å². The second-order valence-corrected chi connectivity index (χ2v) is 4.53. The molecule has 0 aromatic heterocycles. The maximum Gasteiger partial charge on any atom is 0.229 e. The topological polar surface area (TPSA) is 75.4 Å². The zero-order chi connectivity index (χ0) is 13.8. The normalized spacial score (nSPS) is 18.7. The SMILES string of the molecule is NCCN1CC(C(=O)Nc2cccc(F)c2)CC1=O. The highest BCUT2D eigenvalue weighted by Gasteiger charge is 2.33. The van der Waals surface area contributed by atoms with E-state index in [0.29, 0.717) is 25.3 Å². The molecule has 1 heterocycles. The summed E-state index contributed by atoms with van der Waals surface area (Å²) in [4.78, 5) is 25.2. The fourth-order valence-electron chi connectivity index (χ4n) is 2.13. The zero-order valence-corrected chi connectivity index (χ0v) is 10.4. The molecule has 102 valence electrons. The van der Waals surface area contributed by atoms with Crippen molar-refractivity contribution in [1.82, 2.24) is 4.90 Å². The van der Waals surface area contributed by atoms with E-state index in [0.717, 1.165) is 0 Å². The van der Waals surface area contributed by atoms with Crippen LogP contribution in [0.1, 0.15) is 6.42 Å². The summed E-state index contributed by atoms with van der Waals surface area (Å²) in [6.07, 6.45) is 0.182. The van der Waals surface area contributed by atoms with Gasteiger partial charge in [-0.15, -0.1) is 0 Å². The first kappa shape index (κ1) is 13.5. The monoisotopic (exact) mass is 265 g/mol. The fourth-order valence-corrected chi connectivity index (χ4v) is 2.13. The molecular weight excluding hydrogens is 249 g/mol. The summed E-state index contributed by atoms with van der Waals surface area (Å²) >= 11 is 0. The molecule has 3 N–H and O–H groups in total. The van der Waals surface area contributed by atoms with Gasteiger partial charge in [-0.3, -0.25) is 9.59 Å². The minimum atomic E-state index is -0.412. The van der Waals surface area contributed by atoms with E-state index in [1.165, 1.54) is 18.2 Å². The lowest BCUT2D eigenvalue weighted by molar-refractivity contribution is -0.128. The first-order chi connectivity index (χ1) is 9.10. The van der Waals surface area contributed by atoms with Crippen molar-refractivity contribution in [3.05, 3.63) is 30.1 Å². The third kappa shape index (κ3) is 3.29. The van der Waals surface area contributed by atoms with Gasteiger partial charge < -0.3 is 16.0 Å². The van der Waals surface area contributed by atoms with Gasteiger partial charge in [-0.1, -0.05) is 6.07 Å². The number of carbonyl (C=O) groups excluding carboxylic acids is 2. The third-order valence-electron chi connectivity index (χ3n) is 3.08. The summed E-state index contributed by atoms with van der Waals surface area (Å²) in [5, 5.41) is 2.62. The Bertz CT molecular complexity index is 493. The highest BCUT2D eigenvalue weighted by atomic mass is 19.1. The molecule has 2 rings (SSSR count). The van der Waals surface area contributed by atoms with Crippen molar-refractivity contribution >= 4 is 17.5 Å². The lowest BCUT2D eigenvalue weighted by Crippen LogP contribution is -2.32. The average Bonchev–Trinajstić information content (AvgIpc) is 2.72. The van der Waals surface area contributed by atoms with Gasteiger partial charge in [0.25, 0.3) is 0 Å². The number of amides is 2. The molecule has 1 aromatic rings. The van der Waals surface area contributed by atoms with Gasteiger partial charge in [-0.05, 0) is 18.2 Å². The second kappa shape index (κ2) is 5.79. The molecule has 0 saturated carbocycles. The number of nitrogens with two attached hydrogens (primary N) is 1. The molecule has 0 bridgehead atoms. The first-order valence-corrected chi connectivity index (χ1v) is 6.14. The fraction of sp³-hybridized carbons (Fsp3) is 0.385. The predicted molar refractivity (Wildman–Crippen MR) is 68.8 cm³/mol. The Hall–Kier alpha value is -1.95. The largest absolute Gasteiger partial charge is 0.341 e. The van der Waals surface area contributed by atoms with Crippen molar-refractivity contribution in [2.45, 2.75) is 6.42 Å². The van der Waals surface area contributed by atoms with E-state index in [9.17, 15) is 14.0 Å². The van der Waals surface area contributed by atoms with Crippen LogP contribution in [-0.2, 0) is 9.59 Å². The van der Waals surface area contributed by atoms with E-state index in [1.54, 1.807) is 11.0 Å². The first-order valence-electron chi connectivity index (χ1n) is 6.14. The minimum Gasteiger partial charge on any atom is -0.341 e. The van der Waals surface area contributed by atoms with Gasteiger partial charge in [0, 0.05) is 31.7 Å². The van der Waals surface area contributed by atoms with Crippen LogP contribution >= 0.6 is 0 Å². The summed E-state index contributed by atoms with van der Waals surface area (Å²) in [7, 11) is 0. The smallest absolute Gasteiger partial charge is 0.229 e. The maximum atomic E-state index is 13.0. The van der Waals surface area contributed by atoms with Gasteiger partial charge in [-0.2, -0.15) is 0 Å². The van der Waals surface area contributed by atoms with Gasteiger partial charge in [0.1, 0.15) is 5.82 Å². The second-order valence-electron chi connectivity index (χ2n) is 4.53. The van der Waals surface area contributed by atoms with Crippen LogP contribution in [0.3, 0.4) is 0 Å². The molecule has 1 atom stereocenters. The van der Waals surface area contributed by atoms with E-state index in [-0.39, 0.29) is 18.2 Å². The zero-order valence-electron chi connectivity index (χ0n) is 10.4. The number of nitrogens with zero attached hydrogens (tertiary/aromatic N) is 1. The van der Waals surface area contributed by atoms with E-state index in [2.05, 4.69) is 5.32 Å². The Morgan fingerprint density at radius 3 is 3.00 bits per heavy atom. The van der Waals surface area contributed by atoms with E-state index < -0.39 is 11.7 Å². The molecule has 0 aliphatic carbocycles. The summed E-state index contributed by atoms with van der Waals surface area (Å²) in [5.41, 5.74) is 5.79. The van der Waals surface area contributed by atoms with E-state index >= 15 is 0 Å². The number of rotatable bonds is 4. The molecule has 6 heteroatoms. The Morgan fingerprint density at radius 2 is 2.32 bits per heavy atom. The molecule has 1 unspecified atom stereocenters. The number of hydrogen-bond acceptors (Lipinski definition) is 3. The summed E-state index contributed by atoms with van der Waals surface area (Å²) in [6.45, 7) is 1.21. The molecule has 0 spiro atoms. The standard InChI is InChI=1S/C13H16FN3O2/c14-10-2-1-3-11(7-10)16-13(19)9-6-12(18)17(8-9)5-4-15/h1-3,7,9H,4-6,8,15H2,(H,16,19). The van der Waals surface area contributed by atoms with E-state index in [1.807, 2.05) is 0 Å². The van der Waals surface area contributed by atoms with Crippen LogP contribution in [0.25, 0.3) is 0 Å². The van der Waals surface area contributed by atoms with Crippen LogP contribution in [0, 0.1) is 11.7 Å². The molecule has 2 amide bonds. The summed E-state index contributed by atoms with van der Waals surface area (Å²) < 4.78 is 13.0. The van der Waals surface area contributed by atoms with Gasteiger partial charge in [0.2, 0.25) is 11.8 Å². The van der Waals surface area contributed by atoms with Crippen LogP contribution in [0.2, 0.25) is 0 Å². The molecule has 1 aliphatic rings. The van der Waals surface area contributed by atoms with Crippen molar-refractivity contribution in [3.8, 4) is 0 Å². The highest BCUT2D eigenvalue weighted by Crippen LogP contribution is 2.19. The lowest BCUT2D eigenvalue weighted by atomic mass is 10.1. The van der Waals surface area contributed by atoms with Gasteiger partial charge in [-0.25, -0.2) is 4.39 Å². The van der Waals surface area contributed by atoms with Gasteiger partial charge in [0.15, 0.2) is 0 Å². The number of anilines is 1. The Morgan fingerprint density at radius 1 is 1.53 bits per heavy atom. The minimum absolute atomic E-state index is 0.0650. The molecule has 1 aromatic carbocycles. The predicted octanol–water partition coefficient (Wildman–Crippen LogP) is 0.571. The maximum absolute atomic E-state index is 13.0. The van der Waals surface area contributed by atoms with Gasteiger partial charge >= 0.3 is 0 Å². The Kier molecular flexibility index (Phi) is 4.11. The third-order valence-corrected chi connectivity index (χ3v) is 3.08. The number of benzene rings is 1. The molecule has 1 aliphatic heterocycles. The molecule has 19 heavy (non-hydrogen) atoms. The summed E-state index contributed by atoms with van der Waals surface area (Å²) in [6, 6.07) is 5.67. The Balaban J connectivity index is 1.96. The number of nitrogens with one attached hydrogen (secondary N) is 1. The molecular formula is C13H16FN3O2. The van der Waals surface area contributed by atoms with Crippen LogP contribution in [0.4, 0.5) is 10.1 Å². The molecule has 1 fully saturated rings. The number of carbonyl (C=O) groups is 2. The van der Waals surface area contributed by atoms with Crippen LogP contribution in [-0.4, -0.2) is 36.3 Å². The Labute approximate surface area is 110 Å². The highest BCUT2D eigenvalue weighted by molar-refractivity contribution is 5.97. The van der Waals surface area contributed by atoms with Crippen molar-refractivity contribution in [3.63, 3.8) is 0 Å². The van der Waals surface area contributed by atoms with Crippen LogP contribution < -0.4 is 11.1 Å². The van der Waals surface area contributed by atoms with Crippen LogP contribution in [0.15, 0.2) is 24.3 Å². The van der Waals surface area contributed by atoms with Crippen LogP contribution in [0.5, 0.6) is 0 Å². The van der Waals surface area contributed by atoms with Gasteiger partial charge in [0.05, 0.1) is 5.92 Å². The van der Waals surface area contributed by atoms with Crippen molar-refractivity contribution in [2.75, 3.05) is 25.0 Å². The number of halogens is 1. The van der Waals surface area contributed by atoms with Crippen molar-refractivity contribution < 1.29 is 14.0 Å². The number of likely N-dealkylation sites (tertiary alicyclic amines) is 1.